The zero-order valence-corrected chi connectivity index (χ0v) is 9.95. The fraction of sp³-hybridized carbons (Fsp3) is 0.786. The number of rotatable bonds is 2. The van der Waals surface area contributed by atoms with E-state index < -0.39 is 5.97 Å². The zero-order valence-electron chi connectivity index (χ0n) is 9.95. The van der Waals surface area contributed by atoms with Crippen LogP contribution >= 0.6 is 0 Å². The minimum atomic E-state index is -0.588. The molecule has 0 unspecified atom stereocenters. The SMILES string of the molecule is C=C1CCC(C2CCC(C(=O)O)CC2)CC1. The van der Waals surface area contributed by atoms with Crippen molar-refractivity contribution in [1.29, 1.82) is 0 Å². The molecule has 0 atom stereocenters. The molecule has 0 spiro atoms. The molecule has 2 fully saturated rings. The molecule has 0 radical (unpaired) electrons. The first-order chi connectivity index (χ1) is 7.66. The summed E-state index contributed by atoms with van der Waals surface area (Å²) in [7, 11) is 0. The van der Waals surface area contributed by atoms with E-state index in [1.807, 2.05) is 0 Å². The van der Waals surface area contributed by atoms with Crippen molar-refractivity contribution in [3.63, 3.8) is 0 Å². The van der Waals surface area contributed by atoms with E-state index in [0.29, 0.717) is 0 Å². The van der Waals surface area contributed by atoms with Crippen LogP contribution in [0.3, 0.4) is 0 Å². The number of carboxylic acids is 1. The topological polar surface area (TPSA) is 37.3 Å². The van der Waals surface area contributed by atoms with E-state index in [1.54, 1.807) is 0 Å². The van der Waals surface area contributed by atoms with E-state index in [9.17, 15) is 4.79 Å². The molecule has 0 amide bonds. The highest BCUT2D eigenvalue weighted by Crippen LogP contribution is 2.40. The van der Waals surface area contributed by atoms with Crippen LogP contribution in [0.1, 0.15) is 51.4 Å². The molecular weight excluding hydrogens is 200 g/mol. The first kappa shape index (κ1) is 11.7. The second-order valence-electron chi connectivity index (χ2n) is 5.54. The van der Waals surface area contributed by atoms with Crippen molar-refractivity contribution in [2.24, 2.45) is 17.8 Å². The van der Waals surface area contributed by atoms with Gasteiger partial charge in [-0.05, 0) is 63.2 Å². The van der Waals surface area contributed by atoms with Crippen LogP contribution in [0.4, 0.5) is 0 Å². The number of hydrogen-bond donors (Lipinski definition) is 1. The first-order valence-electron chi connectivity index (χ1n) is 6.56. The standard InChI is InChI=1S/C14H22O2/c1-10-2-4-11(5-3-10)12-6-8-13(9-7-12)14(15)16/h11-13H,1-9H2,(H,15,16). The molecule has 16 heavy (non-hydrogen) atoms. The van der Waals surface area contributed by atoms with Gasteiger partial charge in [0.15, 0.2) is 0 Å². The predicted molar refractivity (Wildman–Crippen MR) is 64.2 cm³/mol. The molecule has 2 aliphatic rings. The molecule has 0 aromatic rings. The van der Waals surface area contributed by atoms with Crippen molar-refractivity contribution < 1.29 is 9.90 Å². The van der Waals surface area contributed by atoms with Crippen molar-refractivity contribution >= 4 is 5.97 Å². The molecular formula is C14H22O2. The third-order valence-electron chi connectivity index (χ3n) is 4.53. The van der Waals surface area contributed by atoms with Gasteiger partial charge in [0.1, 0.15) is 0 Å². The monoisotopic (exact) mass is 222 g/mol. The number of carboxylic acid groups (broad SMARTS) is 1. The molecule has 2 nitrogen and oxygen atoms in total. The molecule has 2 saturated carbocycles. The Labute approximate surface area is 97.7 Å². The normalized spacial score (nSPS) is 32.6. The zero-order chi connectivity index (χ0) is 11.5. The second-order valence-corrected chi connectivity index (χ2v) is 5.54. The fourth-order valence-corrected chi connectivity index (χ4v) is 3.36. The summed E-state index contributed by atoms with van der Waals surface area (Å²) in [6.45, 7) is 4.05. The third kappa shape index (κ3) is 2.66. The largest absolute Gasteiger partial charge is 0.481 e. The van der Waals surface area contributed by atoms with E-state index in [4.69, 9.17) is 5.11 Å². The van der Waals surface area contributed by atoms with Crippen LogP contribution in [-0.4, -0.2) is 11.1 Å². The third-order valence-corrected chi connectivity index (χ3v) is 4.53. The van der Waals surface area contributed by atoms with Gasteiger partial charge in [0.25, 0.3) is 0 Å². The lowest BCUT2D eigenvalue weighted by molar-refractivity contribution is -0.143. The number of carbonyl (C=O) groups is 1. The smallest absolute Gasteiger partial charge is 0.306 e. The van der Waals surface area contributed by atoms with Crippen molar-refractivity contribution in [3.8, 4) is 0 Å². The lowest BCUT2D eigenvalue weighted by Gasteiger charge is -2.35. The highest BCUT2D eigenvalue weighted by molar-refractivity contribution is 5.69. The van der Waals surface area contributed by atoms with Gasteiger partial charge in [0, 0.05) is 0 Å². The lowest BCUT2D eigenvalue weighted by atomic mass is 9.70. The minimum Gasteiger partial charge on any atom is -0.481 e. The maximum absolute atomic E-state index is 10.9. The summed E-state index contributed by atoms with van der Waals surface area (Å²) in [6.07, 6.45) is 9.05. The van der Waals surface area contributed by atoms with Crippen LogP contribution in [0, 0.1) is 17.8 Å². The van der Waals surface area contributed by atoms with E-state index in [2.05, 4.69) is 6.58 Å². The van der Waals surface area contributed by atoms with Gasteiger partial charge < -0.3 is 5.11 Å². The van der Waals surface area contributed by atoms with Crippen molar-refractivity contribution in [2.45, 2.75) is 51.4 Å². The predicted octanol–water partition coefficient (Wildman–Crippen LogP) is 3.62. The average Bonchev–Trinajstić information content (AvgIpc) is 2.30. The Morgan fingerprint density at radius 1 is 1.00 bits per heavy atom. The van der Waals surface area contributed by atoms with E-state index >= 15 is 0 Å². The molecule has 0 heterocycles. The molecule has 1 N–H and O–H groups in total. The summed E-state index contributed by atoms with van der Waals surface area (Å²) in [6, 6.07) is 0. The highest BCUT2D eigenvalue weighted by atomic mass is 16.4. The summed E-state index contributed by atoms with van der Waals surface area (Å²) in [5.41, 5.74) is 1.41. The van der Waals surface area contributed by atoms with Crippen LogP contribution in [0.15, 0.2) is 12.2 Å². The Bertz CT molecular complexity index is 264. The van der Waals surface area contributed by atoms with Crippen molar-refractivity contribution in [2.75, 3.05) is 0 Å². The Kier molecular flexibility index (Phi) is 3.67. The van der Waals surface area contributed by atoms with Crippen LogP contribution in [0.5, 0.6) is 0 Å². The lowest BCUT2D eigenvalue weighted by Crippen LogP contribution is -2.27. The first-order valence-corrected chi connectivity index (χ1v) is 6.56. The van der Waals surface area contributed by atoms with Crippen LogP contribution < -0.4 is 0 Å². The van der Waals surface area contributed by atoms with Crippen molar-refractivity contribution in [3.05, 3.63) is 12.2 Å². The minimum absolute atomic E-state index is 0.0604. The number of hydrogen-bond acceptors (Lipinski definition) is 1. The summed E-state index contributed by atoms with van der Waals surface area (Å²) >= 11 is 0. The number of allylic oxidation sites excluding steroid dienone is 1. The van der Waals surface area contributed by atoms with Gasteiger partial charge in [-0.15, -0.1) is 0 Å². The summed E-state index contributed by atoms with van der Waals surface area (Å²) in [5, 5.41) is 8.96. The van der Waals surface area contributed by atoms with Crippen LogP contribution in [0.25, 0.3) is 0 Å². The fourth-order valence-electron chi connectivity index (χ4n) is 3.36. The van der Waals surface area contributed by atoms with Gasteiger partial charge in [-0.2, -0.15) is 0 Å². The van der Waals surface area contributed by atoms with Crippen LogP contribution in [0.2, 0.25) is 0 Å². The Hall–Kier alpha value is -0.790. The summed E-state index contributed by atoms with van der Waals surface area (Å²) < 4.78 is 0. The molecule has 0 saturated heterocycles. The summed E-state index contributed by atoms with van der Waals surface area (Å²) in [5.74, 6) is 0.995. The van der Waals surface area contributed by atoms with Gasteiger partial charge >= 0.3 is 5.97 Å². The molecule has 0 aromatic heterocycles. The maximum Gasteiger partial charge on any atom is 0.306 e. The van der Waals surface area contributed by atoms with Gasteiger partial charge in [-0.3, -0.25) is 4.79 Å². The van der Waals surface area contributed by atoms with Gasteiger partial charge in [-0.1, -0.05) is 12.2 Å². The van der Waals surface area contributed by atoms with Gasteiger partial charge in [-0.25, -0.2) is 0 Å². The summed E-state index contributed by atoms with van der Waals surface area (Å²) in [4.78, 5) is 10.9. The Morgan fingerprint density at radius 2 is 1.50 bits per heavy atom. The second kappa shape index (κ2) is 5.03. The van der Waals surface area contributed by atoms with Crippen molar-refractivity contribution in [1.82, 2.24) is 0 Å². The average molecular weight is 222 g/mol. The van der Waals surface area contributed by atoms with E-state index in [-0.39, 0.29) is 5.92 Å². The Balaban J connectivity index is 1.80. The number of aliphatic carboxylic acids is 1. The maximum atomic E-state index is 10.9. The molecule has 0 aromatic carbocycles. The van der Waals surface area contributed by atoms with Crippen LogP contribution in [-0.2, 0) is 4.79 Å². The van der Waals surface area contributed by atoms with Gasteiger partial charge in [0.2, 0.25) is 0 Å². The molecule has 0 bridgehead atoms. The van der Waals surface area contributed by atoms with Gasteiger partial charge in [0.05, 0.1) is 5.92 Å². The molecule has 2 heteroatoms. The Morgan fingerprint density at radius 3 is 2.00 bits per heavy atom. The molecule has 2 aliphatic carbocycles. The molecule has 0 aliphatic heterocycles. The van der Waals surface area contributed by atoms with E-state index in [0.717, 1.165) is 37.5 Å². The van der Waals surface area contributed by atoms with E-state index in [1.165, 1.54) is 31.3 Å². The highest BCUT2D eigenvalue weighted by Gasteiger charge is 2.31. The quantitative estimate of drug-likeness (QED) is 0.724. The molecule has 2 rings (SSSR count). The molecule has 90 valence electrons.